The van der Waals surface area contributed by atoms with Gasteiger partial charge in [0, 0.05) is 30.6 Å². The lowest BCUT2D eigenvalue weighted by atomic mass is 9.87. The number of carbonyl (C=O) groups excluding carboxylic acids is 1. The van der Waals surface area contributed by atoms with Crippen molar-refractivity contribution < 1.29 is 9.21 Å². The van der Waals surface area contributed by atoms with Crippen LogP contribution in [-0.4, -0.2) is 31.9 Å². The molecule has 4 aromatic rings. The largest absolute Gasteiger partial charge is 0.472 e. The van der Waals surface area contributed by atoms with E-state index < -0.39 is 0 Å². The number of rotatable bonds is 2. The summed E-state index contributed by atoms with van der Waals surface area (Å²) < 4.78 is 7.69. The van der Waals surface area contributed by atoms with E-state index in [0.717, 1.165) is 16.5 Å². The van der Waals surface area contributed by atoms with E-state index >= 15 is 0 Å². The SMILES string of the molecule is CC1c2cccc(-c3ccoc3)c2CCN1C(=O)c1cc2ncc(Br)cn2n1. The van der Waals surface area contributed by atoms with Crippen LogP contribution in [0.4, 0.5) is 0 Å². The molecule has 28 heavy (non-hydrogen) atoms. The predicted molar refractivity (Wildman–Crippen MR) is 108 cm³/mol. The topological polar surface area (TPSA) is 63.6 Å². The van der Waals surface area contributed by atoms with Crippen LogP contribution in [0.15, 0.2) is 64.1 Å². The van der Waals surface area contributed by atoms with Crippen molar-refractivity contribution in [2.75, 3.05) is 6.54 Å². The van der Waals surface area contributed by atoms with Gasteiger partial charge in [-0.05, 0) is 52.0 Å². The van der Waals surface area contributed by atoms with Crippen molar-refractivity contribution in [3.05, 3.63) is 76.5 Å². The molecule has 1 amide bonds. The summed E-state index contributed by atoms with van der Waals surface area (Å²) in [7, 11) is 0. The predicted octanol–water partition coefficient (Wildman–Crippen LogP) is 4.51. The van der Waals surface area contributed by atoms with Crippen LogP contribution in [0.2, 0.25) is 0 Å². The number of amides is 1. The van der Waals surface area contributed by atoms with Gasteiger partial charge < -0.3 is 9.32 Å². The normalized spacial score (nSPS) is 16.4. The Morgan fingerprint density at radius 1 is 1.32 bits per heavy atom. The van der Waals surface area contributed by atoms with Gasteiger partial charge in [-0.3, -0.25) is 4.79 Å². The Morgan fingerprint density at radius 3 is 3.04 bits per heavy atom. The van der Waals surface area contributed by atoms with Gasteiger partial charge in [-0.15, -0.1) is 0 Å². The highest BCUT2D eigenvalue weighted by Gasteiger charge is 2.31. The first kappa shape index (κ1) is 17.2. The molecule has 140 valence electrons. The zero-order valence-corrected chi connectivity index (χ0v) is 16.8. The maximum atomic E-state index is 13.2. The van der Waals surface area contributed by atoms with Crippen LogP contribution in [0.25, 0.3) is 16.8 Å². The molecule has 1 aliphatic rings. The van der Waals surface area contributed by atoms with Crippen molar-refractivity contribution >= 4 is 27.5 Å². The molecule has 0 spiro atoms. The molecule has 0 saturated heterocycles. The molecule has 1 unspecified atom stereocenters. The second-order valence-corrected chi connectivity index (χ2v) is 7.83. The van der Waals surface area contributed by atoms with Crippen molar-refractivity contribution in [3.63, 3.8) is 0 Å². The van der Waals surface area contributed by atoms with Crippen molar-refractivity contribution in [2.45, 2.75) is 19.4 Å². The quantitative estimate of drug-likeness (QED) is 0.463. The van der Waals surface area contributed by atoms with Crippen LogP contribution in [0.1, 0.15) is 34.6 Å². The van der Waals surface area contributed by atoms with Gasteiger partial charge in [-0.2, -0.15) is 5.10 Å². The molecule has 5 rings (SSSR count). The highest BCUT2D eigenvalue weighted by molar-refractivity contribution is 9.10. The number of hydrogen-bond donors (Lipinski definition) is 0. The molecule has 6 nitrogen and oxygen atoms in total. The monoisotopic (exact) mass is 436 g/mol. The lowest BCUT2D eigenvalue weighted by Gasteiger charge is -2.35. The standard InChI is InChI=1S/C21H17BrN4O2/c1-13-16-3-2-4-17(14-6-8-28-12-14)18(16)5-7-25(13)21(27)19-9-20-23-10-15(22)11-26(20)24-19/h2-4,6,8-13H,5,7H2,1H3. The Hall–Kier alpha value is -2.93. The second kappa shape index (κ2) is 6.60. The third-order valence-electron chi connectivity index (χ3n) is 5.33. The van der Waals surface area contributed by atoms with E-state index in [9.17, 15) is 4.79 Å². The lowest BCUT2D eigenvalue weighted by molar-refractivity contribution is 0.0671. The Labute approximate surface area is 169 Å². The van der Waals surface area contributed by atoms with E-state index in [4.69, 9.17) is 4.42 Å². The summed E-state index contributed by atoms with van der Waals surface area (Å²) in [6, 6.07) is 9.93. The molecule has 1 atom stereocenters. The van der Waals surface area contributed by atoms with Gasteiger partial charge in [0.05, 0.1) is 23.0 Å². The summed E-state index contributed by atoms with van der Waals surface area (Å²) >= 11 is 3.38. The van der Waals surface area contributed by atoms with Crippen LogP contribution < -0.4 is 0 Å². The first-order chi connectivity index (χ1) is 13.6. The molecule has 1 aliphatic heterocycles. The number of nitrogens with zero attached hydrogens (tertiary/aromatic N) is 4. The lowest BCUT2D eigenvalue weighted by Crippen LogP contribution is -2.39. The fraction of sp³-hybridized carbons (Fsp3) is 0.190. The van der Waals surface area contributed by atoms with E-state index in [0.29, 0.717) is 17.9 Å². The molecule has 4 heterocycles. The first-order valence-corrected chi connectivity index (χ1v) is 9.87. The zero-order valence-electron chi connectivity index (χ0n) is 15.2. The van der Waals surface area contributed by atoms with Crippen LogP contribution in [0.3, 0.4) is 0 Å². The molecule has 1 aromatic carbocycles. The zero-order chi connectivity index (χ0) is 19.3. The van der Waals surface area contributed by atoms with E-state index in [2.05, 4.69) is 45.1 Å². The summed E-state index contributed by atoms with van der Waals surface area (Å²) in [6.45, 7) is 2.71. The van der Waals surface area contributed by atoms with Gasteiger partial charge in [0.1, 0.15) is 0 Å². The molecule has 0 bridgehead atoms. The van der Waals surface area contributed by atoms with Crippen molar-refractivity contribution in [1.29, 1.82) is 0 Å². The Balaban J connectivity index is 1.49. The number of hydrogen-bond acceptors (Lipinski definition) is 4. The number of benzene rings is 1. The fourth-order valence-electron chi connectivity index (χ4n) is 3.94. The minimum Gasteiger partial charge on any atom is -0.472 e. The van der Waals surface area contributed by atoms with Gasteiger partial charge in [0.15, 0.2) is 11.3 Å². The number of fused-ring (bicyclic) bond motifs is 2. The van der Waals surface area contributed by atoms with Crippen LogP contribution in [-0.2, 0) is 6.42 Å². The van der Waals surface area contributed by atoms with Gasteiger partial charge in [-0.1, -0.05) is 18.2 Å². The first-order valence-electron chi connectivity index (χ1n) is 9.08. The molecule has 0 N–H and O–H groups in total. The van der Waals surface area contributed by atoms with Crippen LogP contribution in [0.5, 0.6) is 0 Å². The van der Waals surface area contributed by atoms with Gasteiger partial charge >= 0.3 is 0 Å². The van der Waals surface area contributed by atoms with E-state index in [1.807, 2.05) is 17.0 Å². The average molecular weight is 437 g/mol. The van der Waals surface area contributed by atoms with Gasteiger partial charge in [0.25, 0.3) is 5.91 Å². The molecule has 0 fully saturated rings. The fourth-order valence-corrected chi connectivity index (χ4v) is 4.24. The number of halogens is 1. The summed E-state index contributed by atoms with van der Waals surface area (Å²) in [5, 5.41) is 4.42. The summed E-state index contributed by atoms with van der Waals surface area (Å²) in [5.41, 5.74) is 5.75. The Morgan fingerprint density at radius 2 is 2.21 bits per heavy atom. The van der Waals surface area contributed by atoms with Crippen molar-refractivity contribution in [2.24, 2.45) is 0 Å². The molecular weight excluding hydrogens is 420 g/mol. The number of aromatic nitrogens is 3. The average Bonchev–Trinajstić information content (AvgIpc) is 3.37. The Bertz CT molecular complexity index is 1180. The molecule has 0 radical (unpaired) electrons. The number of carbonyl (C=O) groups is 1. The summed E-state index contributed by atoms with van der Waals surface area (Å²) in [6.07, 6.45) is 7.74. The van der Waals surface area contributed by atoms with E-state index in [1.165, 1.54) is 16.7 Å². The van der Waals surface area contributed by atoms with Gasteiger partial charge in [0.2, 0.25) is 0 Å². The minimum absolute atomic E-state index is 0.0346. The van der Waals surface area contributed by atoms with Crippen LogP contribution in [0, 0.1) is 0 Å². The maximum Gasteiger partial charge on any atom is 0.274 e. The molecule has 7 heteroatoms. The smallest absolute Gasteiger partial charge is 0.274 e. The summed E-state index contributed by atoms with van der Waals surface area (Å²) in [5.74, 6) is -0.0755. The molecule has 0 aliphatic carbocycles. The van der Waals surface area contributed by atoms with Gasteiger partial charge in [-0.25, -0.2) is 9.50 Å². The third kappa shape index (κ3) is 2.74. The highest BCUT2D eigenvalue weighted by Crippen LogP contribution is 2.36. The van der Waals surface area contributed by atoms with Crippen molar-refractivity contribution in [3.8, 4) is 11.1 Å². The summed E-state index contributed by atoms with van der Waals surface area (Å²) in [4.78, 5) is 19.4. The molecule has 3 aromatic heterocycles. The maximum absolute atomic E-state index is 13.2. The molecule has 0 saturated carbocycles. The molecular formula is C21H17BrN4O2. The Kier molecular flexibility index (Phi) is 4.05. The highest BCUT2D eigenvalue weighted by atomic mass is 79.9. The number of furan rings is 1. The third-order valence-corrected chi connectivity index (χ3v) is 5.74. The van der Waals surface area contributed by atoms with E-state index in [-0.39, 0.29) is 11.9 Å². The second-order valence-electron chi connectivity index (χ2n) is 6.91. The van der Waals surface area contributed by atoms with E-state index in [1.54, 1.807) is 35.5 Å². The van der Waals surface area contributed by atoms with Crippen molar-refractivity contribution in [1.82, 2.24) is 19.5 Å². The minimum atomic E-state index is -0.0755. The van der Waals surface area contributed by atoms with Crippen LogP contribution >= 0.6 is 15.9 Å².